The van der Waals surface area contributed by atoms with Crippen LogP contribution in [0.15, 0.2) is 30.0 Å². The van der Waals surface area contributed by atoms with E-state index in [0.29, 0.717) is 0 Å². The zero-order valence-electron chi connectivity index (χ0n) is 9.69. The summed E-state index contributed by atoms with van der Waals surface area (Å²) in [5.74, 6) is -1.75. The summed E-state index contributed by atoms with van der Waals surface area (Å²) >= 11 is 5.74. The maximum absolute atomic E-state index is 13.2. The molecule has 0 unspecified atom stereocenters. The summed E-state index contributed by atoms with van der Waals surface area (Å²) in [7, 11) is 0. The first-order valence-corrected chi connectivity index (χ1v) is 5.82. The average molecular weight is 285 g/mol. The third kappa shape index (κ3) is 2.59. The Kier molecular flexibility index (Phi) is 3.82. The van der Waals surface area contributed by atoms with Gasteiger partial charge in [-0.25, -0.2) is 4.39 Å². The predicted octanol–water partition coefficient (Wildman–Crippen LogP) is 1.14. The summed E-state index contributed by atoms with van der Waals surface area (Å²) in [6.45, 7) is -0.407. The lowest BCUT2D eigenvalue weighted by Crippen LogP contribution is -2.34. The Morgan fingerprint density at radius 2 is 2.11 bits per heavy atom. The normalized spacial score (nSPS) is 14.9. The highest BCUT2D eigenvalue weighted by atomic mass is 35.5. The number of β-amino-alcohol motifs (C(OH)–C–C–N with tert-alkyl or cyclic N) is 1. The molecule has 0 atom stereocenters. The number of imide groups is 1. The van der Waals surface area contributed by atoms with Gasteiger partial charge in [0.2, 0.25) is 0 Å². The summed E-state index contributed by atoms with van der Waals surface area (Å²) in [4.78, 5) is 24.2. The molecule has 0 spiro atoms. The molecule has 2 amide bonds. The molecule has 0 saturated heterocycles. The average Bonchev–Trinajstić information content (AvgIpc) is 2.63. The first-order chi connectivity index (χ1) is 9.04. The highest BCUT2D eigenvalue weighted by Gasteiger charge is 2.30. The number of carbonyl (C=O) groups is 2. The second-order valence-electron chi connectivity index (χ2n) is 3.80. The zero-order chi connectivity index (χ0) is 14.0. The molecular weight excluding hydrogens is 275 g/mol. The predicted molar refractivity (Wildman–Crippen MR) is 66.9 cm³/mol. The molecule has 1 heterocycles. The number of amides is 2. The van der Waals surface area contributed by atoms with Crippen LogP contribution in [0.3, 0.4) is 0 Å². The van der Waals surface area contributed by atoms with E-state index < -0.39 is 17.6 Å². The Bertz CT molecular complexity index is 574. The number of rotatable bonds is 4. The third-order valence-corrected chi connectivity index (χ3v) is 2.94. The van der Waals surface area contributed by atoms with E-state index >= 15 is 0 Å². The quantitative estimate of drug-likeness (QED) is 0.814. The number of aliphatic hydroxyl groups excluding tert-OH is 1. The molecular formula is C12H10ClFN2O3. The molecule has 0 saturated carbocycles. The van der Waals surface area contributed by atoms with Gasteiger partial charge in [0.05, 0.1) is 23.9 Å². The van der Waals surface area contributed by atoms with Crippen molar-refractivity contribution >= 4 is 29.1 Å². The second kappa shape index (κ2) is 5.38. The van der Waals surface area contributed by atoms with E-state index in [0.717, 1.165) is 11.0 Å². The minimum Gasteiger partial charge on any atom is -0.395 e. The van der Waals surface area contributed by atoms with Gasteiger partial charge in [0, 0.05) is 6.08 Å². The van der Waals surface area contributed by atoms with Gasteiger partial charge in [-0.15, -0.1) is 0 Å². The fraction of sp³-hybridized carbons (Fsp3) is 0.167. The van der Waals surface area contributed by atoms with Gasteiger partial charge in [-0.2, -0.15) is 0 Å². The number of carbonyl (C=O) groups excluding carboxylic acids is 2. The molecule has 5 nitrogen and oxygen atoms in total. The van der Waals surface area contributed by atoms with Gasteiger partial charge in [-0.1, -0.05) is 17.7 Å². The largest absolute Gasteiger partial charge is 0.395 e. The number of nitrogens with one attached hydrogen (secondary N) is 1. The number of anilines is 1. The fourth-order valence-electron chi connectivity index (χ4n) is 1.66. The maximum atomic E-state index is 13.2. The first kappa shape index (κ1) is 13.5. The van der Waals surface area contributed by atoms with E-state index in [1.165, 1.54) is 18.2 Å². The van der Waals surface area contributed by atoms with Crippen molar-refractivity contribution < 1.29 is 19.1 Å². The van der Waals surface area contributed by atoms with Gasteiger partial charge in [0.15, 0.2) is 0 Å². The van der Waals surface area contributed by atoms with E-state index in [4.69, 9.17) is 16.7 Å². The van der Waals surface area contributed by atoms with Gasteiger partial charge in [-0.05, 0) is 12.1 Å². The highest BCUT2D eigenvalue weighted by molar-refractivity contribution is 6.33. The Morgan fingerprint density at radius 1 is 1.37 bits per heavy atom. The maximum Gasteiger partial charge on any atom is 0.277 e. The highest BCUT2D eigenvalue weighted by Crippen LogP contribution is 2.27. The Hall–Kier alpha value is -1.92. The van der Waals surface area contributed by atoms with Crippen LogP contribution >= 0.6 is 11.6 Å². The van der Waals surface area contributed by atoms with Crippen LogP contribution in [0, 0.1) is 5.82 Å². The topological polar surface area (TPSA) is 69.6 Å². The Labute approximate surface area is 113 Å². The van der Waals surface area contributed by atoms with E-state index in [9.17, 15) is 14.0 Å². The smallest absolute Gasteiger partial charge is 0.277 e. The second-order valence-corrected chi connectivity index (χ2v) is 4.18. The third-order valence-electron chi connectivity index (χ3n) is 2.55. The first-order valence-electron chi connectivity index (χ1n) is 5.44. The summed E-state index contributed by atoms with van der Waals surface area (Å²) in [5, 5.41) is 11.2. The molecule has 19 heavy (non-hydrogen) atoms. The van der Waals surface area contributed by atoms with Crippen LogP contribution in [-0.4, -0.2) is 35.0 Å². The van der Waals surface area contributed by atoms with Crippen molar-refractivity contribution in [2.75, 3.05) is 18.5 Å². The van der Waals surface area contributed by atoms with Crippen LogP contribution in [0.5, 0.6) is 0 Å². The van der Waals surface area contributed by atoms with Crippen molar-refractivity contribution in [1.29, 1.82) is 0 Å². The molecule has 0 bridgehead atoms. The van der Waals surface area contributed by atoms with E-state index in [2.05, 4.69) is 5.32 Å². The van der Waals surface area contributed by atoms with Crippen LogP contribution in [-0.2, 0) is 9.59 Å². The van der Waals surface area contributed by atoms with Gasteiger partial charge < -0.3 is 10.4 Å². The monoisotopic (exact) mass is 284 g/mol. The summed E-state index contributed by atoms with van der Waals surface area (Å²) < 4.78 is 13.2. The van der Waals surface area contributed by atoms with Crippen molar-refractivity contribution in [2.45, 2.75) is 0 Å². The number of hydrogen-bond acceptors (Lipinski definition) is 4. The Balaban J connectivity index is 2.21. The lowest BCUT2D eigenvalue weighted by molar-refractivity contribution is -0.137. The number of hydrogen-bond donors (Lipinski definition) is 2. The molecule has 1 aliphatic heterocycles. The fourth-order valence-corrected chi connectivity index (χ4v) is 1.83. The number of halogens is 2. The van der Waals surface area contributed by atoms with Crippen molar-refractivity contribution in [3.63, 3.8) is 0 Å². The minimum absolute atomic E-state index is 0.00838. The van der Waals surface area contributed by atoms with Crippen molar-refractivity contribution in [1.82, 2.24) is 4.90 Å². The molecule has 0 fully saturated rings. The molecule has 100 valence electrons. The molecule has 0 aromatic heterocycles. The number of nitrogens with zero attached hydrogens (tertiary/aromatic N) is 1. The van der Waals surface area contributed by atoms with Crippen LogP contribution in [0.4, 0.5) is 10.1 Å². The van der Waals surface area contributed by atoms with Gasteiger partial charge >= 0.3 is 0 Å². The van der Waals surface area contributed by atoms with Gasteiger partial charge in [0.1, 0.15) is 11.5 Å². The van der Waals surface area contributed by atoms with E-state index in [1.54, 1.807) is 0 Å². The lowest BCUT2D eigenvalue weighted by Gasteiger charge is -2.13. The standard InChI is InChI=1S/C12H10ClFN2O3/c13-11-7(14)2-1-3-8(11)15-9-6-10(18)16(4-5-17)12(9)19/h1-3,6,15,17H,4-5H2. The molecule has 1 aromatic rings. The Morgan fingerprint density at radius 3 is 2.79 bits per heavy atom. The summed E-state index contributed by atoms with van der Waals surface area (Å²) in [6.07, 6.45) is 1.08. The van der Waals surface area contributed by atoms with E-state index in [1.807, 2.05) is 0 Å². The SMILES string of the molecule is O=C1C=C(Nc2cccc(F)c2Cl)C(=O)N1CCO. The van der Waals surface area contributed by atoms with Crippen LogP contribution in [0.2, 0.25) is 5.02 Å². The van der Waals surface area contributed by atoms with Crippen molar-refractivity contribution in [3.8, 4) is 0 Å². The molecule has 0 radical (unpaired) electrons. The molecule has 0 aliphatic carbocycles. The summed E-state index contributed by atoms with van der Waals surface area (Å²) in [5.41, 5.74) is 0.186. The molecule has 2 rings (SSSR count). The van der Waals surface area contributed by atoms with Crippen molar-refractivity contribution in [2.24, 2.45) is 0 Å². The lowest BCUT2D eigenvalue weighted by atomic mass is 10.3. The number of aliphatic hydroxyl groups is 1. The van der Waals surface area contributed by atoms with E-state index in [-0.39, 0.29) is 29.6 Å². The molecule has 1 aromatic carbocycles. The molecule has 1 aliphatic rings. The van der Waals surface area contributed by atoms with Crippen LogP contribution < -0.4 is 5.32 Å². The summed E-state index contributed by atoms with van der Waals surface area (Å²) in [6, 6.07) is 4.09. The molecule has 2 N–H and O–H groups in total. The molecule has 7 heteroatoms. The van der Waals surface area contributed by atoms with Crippen molar-refractivity contribution in [3.05, 3.63) is 40.8 Å². The number of benzene rings is 1. The van der Waals surface area contributed by atoms with Crippen LogP contribution in [0.1, 0.15) is 0 Å². The zero-order valence-corrected chi connectivity index (χ0v) is 10.4. The minimum atomic E-state index is -0.628. The van der Waals surface area contributed by atoms with Gasteiger partial charge in [-0.3, -0.25) is 14.5 Å². The van der Waals surface area contributed by atoms with Crippen LogP contribution in [0.25, 0.3) is 0 Å². The van der Waals surface area contributed by atoms with Gasteiger partial charge in [0.25, 0.3) is 11.8 Å².